The van der Waals surface area contributed by atoms with E-state index in [1.54, 1.807) is 67.6 Å². The van der Waals surface area contributed by atoms with Crippen LogP contribution in [0.5, 0.6) is 11.5 Å². The first-order chi connectivity index (χ1) is 18.2. The Bertz CT molecular complexity index is 1370. The molecule has 1 amide bonds. The molecular formula is C30H29NO7. The van der Waals surface area contributed by atoms with Crippen LogP contribution in [0.1, 0.15) is 53.9 Å². The Labute approximate surface area is 220 Å². The molecule has 196 valence electrons. The Kier molecular flexibility index (Phi) is 7.81. The van der Waals surface area contributed by atoms with Gasteiger partial charge in [-0.05, 0) is 68.3 Å². The summed E-state index contributed by atoms with van der Waals surface area (Å²) in [6, 6.07) is 18.5. The number of phenols is 1. The minimum Gasteiger partial charge on any atom is -0.508 e. The molecule has 8 heteroatoms. The summed E-state index contributed by atoms with van der Waals surface area (Å²) in [6.07, 6.45) is -0.0924. The van der Waals surface area contributed by atoms with E-state index in [0.29, 0.717) is 28.0 Å². The van der Waals surface area contributed by atoms with E-state index in [1.807, 2.05) is 13.8 Å². The summed E-state index contributed by atoms with van der Waals surface area (Å²) < 4.78 is 10.7. The van der Waals surface area contributed by atoms with Crippen LogP contribution in [0.2, 0.25) is 0 Å². The van der Waals surface area contributed by atoms with Crippen LogP contribution in [0.4, 0.5) is 0 Å². The minimum absolute atomic E-state index is 0.0267. The van der Waals surface area contributed by atoms with Crippen molar-refractivity contribution in [3.05, 3.63) is 101 Å². The van der Waals surface area contributed by atoms with E-state index in [1.165, 1.54) is 17.0 Å². The molecule has 3 aromatic rings. The number of aromatic hydroxyl groups is 1. The first kappa shape index (κ1) is 26.5. The van der Waals surface area contributed by atoms with Gasteiger partial charge in [0.1, 0.15) is 17.3 Å². The second-order valence-corrected chi connectivity index (χ2v) is 9.13. The average molecular weight is 516 g/mol. The number of hydrogen-bond acceptors (Lipinski definition) is 7. The van der Waals surface area contributed by atoms with Gasteiger partial charge in [-0.25, -0.2) is 4.79 Å². The third kappa shape index (κ3) is 5.54. The zero-order valence-electron chi connectivity index (χ0n) is 21.4. The average Bonchev–Trinajstić information content (AvgIpc) is 3.14. The Balaban J connectivity index is 1.76. The van der Waals surface area contributed by atoms with Gasteiger partial charge in [0.05, 0.1) is 29.9 Å². The van der Waals surface area contributed by atoms with Crippen molar-refractivity contribution in [1.82, 2.24) is 4.90 Å². The molecule has 0 aromatic heterocycles. The van der Waals surface area contributed by atoms with E-state index >= 15 is 0 Å². The predicted octanol–water partition coefficient (Wildman–Crippen LogP) is 4.98. The molecule has 38 heavy (non-hydrogen) atoms. The van der Waals surface area contributed by atoms with Crippen molar-refractivity contribution in [3.8, 4) is 11.5 Å². The van der Waals surface area contributed by atoms with Crippen LogP contribution in [0.3, 0.4) is 0 Å². The Morgan fingerprint density at radius 3 is 2.29 bits per heavy atom. The van der Waals surface area contributed by atoms with Gasteiger partial charge in [-0.1, -0.05) is 36.4 Å². The lowest BCUT2D eigenvalue weighted by atomic mass is 9.95. The van der Waals surface area contributed by atoms with Crippen molar-refractivity contribution >= 4 is 23.4 Å². The van der Waals surface area contributed by atoms with Gasteiger partial charge in [0.15, 0.2) is 0 Å². The lowest BCUT2D eigenvalue weighted by Crippen LogP contribution is -2.29. The quantitative estimate of drug-likeness (QED) is 0.188. The number of likely N-dealkylation sites (tertiary alicyclic amines) is 1. The van der Waals surface area contributed by atoms with Gasteiger partial charge < -0.3 is 24.6 Å². The number of nitrogens with zero attached hydrogens (tertiary/aromatic N) is 1. The van der Waals surface area contributed by atoms with E-state index in [-0.39, 0.29) is 36.3 Å². The summed E-state index contributed by atoms with van der Waals surface area (Å²) >= 11 is 0. The highest BCUT2D eigenvalue weighted by molar-refractivity contribution is 6.46. The van der Waals surface area contributed by atoms with E-state index in [4.69, 9.17) is 9.47 Å². The number of benzene rings is 3. The number of esters is 1. The summed E-state index contributed by atoms with van der Waals surface area (Å²) in [5.41, 5.74) is 1.86. The van der Waals surface area contributed by atoms with Crippen LogP contribution in [0.15, 0.2) is 78.4 Å². The fourth-order valence-electron chi connectivity index (χ4n) is 4.35. The molecule has 1 aliphatic rings. The first-order valence-electron chi connectivity index (χ1n) is 12.3. The molecule has 1 fully saturated rings. The summed E-state index contributed by atoms with van der Waals surface area (Å²) in [4.78, 5) is 39.9. The van der Waals surface area contributed by atoms with Crippen molar-refractivity contribution in [2.75, 3.05) is 6.61 Å². The van der Waals surface area contributed by atoms with E-state index < -0.39 is 23.7 Å². The summed E-state index contributed by atoms with van der Waals surface area (Å²) in [6.45, 7) is 5.78. The van der Waals surface area contributed by atoms with Gasteiger partial charge >= 0.3 is 5.97 Å². The number of carbonyl (C=O) groups is 3. The van der Waals surface area contributed by atoms with Gasteiger partial charge in [-0.15, -0.1) is 0 Å². The molecule has 1 aliphatic heterocycles. The lowest BCUT2D eigenvalue weighted by Gasteiger charge is -2.25. The minimum atomic E-state index is -0.907. The maximum atomic E-state index is 13.3. The van der Waals surface area contributed by atoms with Crippen LogP contribution in [0.25, 0.3) is 5.76 Å². The van der Waals surface area contributed by atoms with Crippen molar-refractivity contribution in [1.29, 1.82) is 0 Å². The zero-order valence-corrected chi connectivity index (χ0v) is 21.4. The third-order valence-electron chi connectivity index (χ3n) is 6.05. The third-order valence-corrected chi connectivity index (χ3v) is 6.05. The molecule has 0 spiro atoms. The van der Waals surface area contributed by atoms with Gasteiger partial charge in [0, 0.05) is 12.1 Å². The molecular weight excluding hydrogens is 486 g/mol. The first-order valence-corrected chi connectivity index (χ1v) is 12.3. The smallest absolute Gasteiger partial charge is 0.338 e. The number of ketones is 1. The van der Waals surface area contributed by atoms with Gasteiger partial charge in [-0.3, -0.25) is 9.59 Å². The molecule has 8 nitrogen and oxygen atoms in total. The number of carbonyl (C=O) groups excluding carboxylic acids is 3. The Morgan fingerprint density at radius 2 is 1.66 bits per heavy atom. The predicted molar refractivity (Wildman–Crippen MR) is 141 cm³/mol. The Hall–Kier alpha value is -4.59. The van der Waals surface area contributed by atoms with Crippen LogP contribution in [-0.4, -0.2) is 45.5 Å². The van der Waals surface area contributed by atoms with Crippen molar-refractivity contribution in [2.45, 2.75) is 39.5 Å². The number of aliphatic hydroxyl groups excluding tert-OH is 1. The number of aliphatic hydroxyl groups is 1. The van der Waals surface area contributed by atoms with Crippen LogP contribution in [0, 0.1) is 0 Å². The van der Waals surface area contributed by atoms with Gasteiger partial charge in [-0.2, -0.15) is 0 Å². The van der Waals surface area contributed by atoms with Gasteiger partial charge in [0.25, 0.3) is 11.7 Å². The number of ether oxygens (including phenoxy) is 2. The molecule has 2 N–H and O–H groups in total. The fraction of sp³-hybridized carbons (Fsp3) is 0.233. The molecule has 0 saturated carbocycles. The second kappa shape index (κ2) is 11.2. The largest absolute Gasteiger partial charge is 0.508 e. The van der Waals surface area contributed by atoms with Crippen molar-refractivity contribution in [2.24, 2.45) is 0 Å². The molecule has 1 unspecified atom stereocenters. The number of Topliss-reactive ketones (excluding diaryl/α,β-unsaturated/α-hetero) is 1. The topological polar surface area (TPSA) is 113 Å². The van der Waals surface area contributed by atoms with Gasteiger partial charge in [0.2, 0.25) is 0 Å². The van der Waals surface area contributed by atoms with E-state index in [9.17, 15) is 24.6 Å². The zero-order chi connectivity index (χ0) is 27.4. The number of hydrogen-bond donors (Lipinski definition) is 2. The standard InChI is InChI=1S/C30H29NO7/c1-4-37-30(36)21-10-8-19(9-11-21)17-31-26(20-12-14-23(32)15-13-20)25(28(34)29(31)35)27(33)22-6-5-7-24(16-22)38-18(2)3/h5-16,18,26,32-33H,4,17H2,1-3H3/b27-25+. The molecule has 0 radical (unpaired) electrons. The van der Waals surface area contributed by atoms with Crippen LogP contribution >= 0.6 is 0 Å². The van der Waals surface area contributed by atoms with Crippen molar-refractivity contribution < 1.29 is 34.1 Å². The van der Waals surface area contributed by atoms with Crippen LogP contribution in [-0.2, 0) is 20.9 Å². The van der Waals surface area contributed by atoms with Crippen LogP contribution < -0.4 is 4.74 Å². The fourth-order valence-corrected chi connectivity index (χ4v) is 4.35. The summed E-state index contributed by atoms with van der Waals surface area (Å²) in [5, 5.41) is 21.1. The highest BCUT2D eigenvalue weighted by atomic mass is 16.5. The molecule has 0 aliphatic carbocycles. The number of amides is 1. The Morgan fingerprint density at radius 1 is 0.974 bits per heavy atom. The SMILES string of the molecule is CCOC(=O)c1ccc(CN2C(=O)C(=O)/C(=C(/O)c3cccc(OC(C)C)c3)C2c2ccc(O)cc2)cc1. The normalized spacial score (nSPS) is 16.6. The van der Waals surface area contributed by atoms with Crippen molar-refractivity contribution in [3.63, 3.8) is 0 Å². The molecule has 1 saturated heterocycles. The molecule has 3 aromatic carbocycles. The summed E-state index contributed by atoms with van der Waals surface area (Å²) in [5.74, 6) is -1.82. The van der Waals surface area contributed by atoms with E-state index in [2.05, 4.69) is 0 Å². The number of rotatable bonds is 8. The molecule has 1 heterocycles. The maximum absolute atomic E-state index is 13.3. The monoisotopic (exact) mass is 515 g/mol. The maximum Gasteiger partial charge on any atom is 0.338 e. The molecule has 4 rings (SSSR count). The van der Waals surface area contributed by atoms with E-state index in [0.717, 1.165) is 0 Å². The highest BCUT2D eigenvalue weighted by Gasteiger charge is 2.46. The number of phenolic OH excluding ortho intramolecular Hbond substituents is 1. The molecule has 0 bridgehead atoms. The lowest BCUT2D eigenvalue weighted by molar-refractivity contribution is -0.140. The molecule has 1 atom stereocenters. The highest BCUT2D eigenvalue weighted by Crippen LogP contribution is 2.41. The summed E-state index contributed by atoms with van der Waals surface area (Å²) in [7, 11) is 0. The second-order valence-electron chi connectivity index (χ2n) is 9.13.